The van der Waals surface area contributed by atoms with E-state index in [4.69, 9.17) is 0 Å². The SMILES string of the molecule is Fc1cccc2cncc(-c3ccc4[nH]nc(/C=C/c5ccccc5)c4c3)c12. The lowest BCUT2D eigenvalue weighted by atomic mass is 9.99. The molecule has 0 aliphatic carbocycles. The third-order valence-electron chi connectivity index (χ3n) is 4.87. The molecular weight excluding hydrogens is 349 g/mol. The van der Waals surface area contributed by atoms with Crippen LogP contribution in [0, 0.1) is 5.82 Å². The van der Waals surface area contributed by atoms with Crippen molar-refractivity contribution in [2.75, 3.05) is 0 Å². The van der Waals surface area contributed by atoms with E-state index in [1.807, 2.05) is 66.7 Å². The summed E-state index contributed by atoms with van der Waals surface area (Å²) in [6, 6.07) is 21.1. The zero-order valence-corrected chi connectivity index (χ0v) is 14.9. The topological polar surface area (TPSA) is 41.6 Å². The van der Waals surface area contributed by atoms with Crippen LogP contribution >= 0.6 is 0 Å². The zero-order valence-electron chi connectivity index (χ0n) is 14.9. The molecule has 0 amide bonds. The summed E-state index contributed by atoms with van der Waals surface area (Å²) in [6.45, 7) is 0. The van der Waals surface area contributed by atoms with Gasteiger partial charge < -0.3 is 0 Å². The van der Waals surface area contributed by atoms with E-state index in [0.717, 1.165) is 38.7 Å². The van der Waals surface area contributed by atoms with Crippen LogP contribution in [0.3, 0.4) is 0 Å². The van der Waals surface area contributed by atoms with Crippen molar-refractivity contribution in [1.82, 2.24) is 15.2 Å². The van der Waals surface area contributed by atoms with Gasteiger partial charge in [0.2, 0.25) is 0 Å². The average Bonchev–Trinajstić information content (AvgIpc) is 3.15. The second-order valence-corrected chi connectivity index (χ2v) is 6.64. The fourth-order valence-electron chi connectivity index (χ4n) is 3.48. The summed E-state index contributed by atoms with van der Waals surface area (Å²) in [4.78, 5) is 4.29. The minimum Gasteiger partial charge on any atom is -0.277 e. The number of aromatic nitrogens is 3. The third kappa shape index (κ3) is 2.85. The summed E-state index contributed by atoms with van der Waals surface area (Å²) in [7, 11) is 0. The Balaban J connectivity index is 1.64. The molecule has 0 saturated heterocycles. The van der Waals surface area contributed by atoms with Crippen LogP contribution in [0.4, 0.5) is 4.39 Å². The smallest absolute Gasteiger partial charge is 0.131 e. The largest absolute Gasteiger partial charge is 0.277 e. The Labute approximate surface area is 161 Å². The molecule has 3 nitrogen and oxygen atoms in total. The molecule has 134 valence electrons. The number of H-pyrrole nitrogens is 1. The highest BCUT2D eigenvalue weighted by Gasteiger charge is 2.11. The van der Waals surface area contributed by atoms with Gasteiger partial charge in [-0.15, -0.1) is 0 Å². The van der Waals surface area contributed by atoms with Crippen molar-refractivity contribution >= 4 is 33.8 Å². The Morgan fingerprint density at radius 1 is 0.857 bits per heavy atom. The molecule has 0 atom stereocenters. The summed E-state index contributed by atoms with van der Waals surface area (Å²) in [5.41, 5.74) is 4.57. The lowest BCUT2D eigenvalue weighted by molar-refractivity contribution is 0.640. The lowest BCUT2D eigenvalue weighted by Crippen LogP contribution is -1.87. The zero-order chi connectivity index (χ0) is 18.9. The molecule has 1 N–H and O–H groups in total. The molecule has 0 aliphatic heterocycles. The molecule has 2 aromatic heterocycles. The highest BCUT2D eigenvalue weighted by molar-refractivity contribution is 5.99. The molecule has 0 aliphatic rings. The van der Waals surface area contributed by atoms with Gasteiger partial charge in [0.05, 0.1) is 11.2 Å². The normalized spacial score (nSPS) is 11.6. The quantitative estimate of drug-likeness (QED) is 0.420. The minimum atomic E-state index is -0.244. The fourth-order valence-corrected chi connectivity index (χ4v) is 3.48. The maximum atomic E-state index is 14.5. The number of hydrogen-bond acceptors (Lipinski definition) is 2. The van der Waals surface area contributed by atoms with Crippen LogP contribution in [0.2, 0.25) is 0 Å². The van der Waals surface area contributed by atoms with E-state index in [2.05, 4.69) is 15.2 Å². The van der Waals surface area contributed by atoms with Crippen LogP contribution in [0.5, 0.6) is 0 Å². The van der Waals surface area contributed by atoms with E-state index in [-0.39, 0.29) is 5.82 Å². The van der Waals surface area contributed by atoms with Crippen molar-refractivity contribution in [3.63, 3.8) is 0 Å². The van der Waals surface area contributed by atoms with Crippen LogP contribution in [0.15, 0.2) is 79.1 Å². The Morgan fingerprint density at radius 3 is 2.64 bits per heavy atom. The van der Waals surface area contributed by atoms with Crippen LogP contribution in [0.1, 0.15) is 11.3 Å². The summed E-state index contributed by atoms with van der Waals surface area (Å²) in [6.07, 6.45) is 7.42. The number of nitrogens with one attached hydrogen (secondary N) is 1. The Morgan fingerprint density at radius 2 is 1.75 bits per heavy atom. The van der Waals surface area contributed by atoms with Crippen LogP contribution in [-0.2, 0) is 0 Å². The van der Waals surface area contributed by atoms with Crippen LogP contribution in [0.25, 0.3) is 45.0 Å². The maximum absolute atomic E-state index is 14.5. The molecule has 4 heteroatoms. The van der Waals surface area contributed by atoms with Crippen molar-refractivity contribution in [3.05, 3.63) is 96.2 Å². The molecule has 0 bridgehead atoms. The highest BCUT2D eigenvalue weighted by atomic mass is 19.1. The second kappa shape index (κ2) is 6.74. The van der Waals surface area contributed by atoms with Crippen molar-refractivity contribution < 1.29 is 4.39 Å². The average molecular weight is 365 g/mol. The lowest BCUT2D eigenvalue weighted by Gasteiger charge is -2.07. The Bertz CT molecular complexity index is 1310. The molecular formula is C24H16FN3. The first-order valence-electron chi connectivity index (χ1n) is 9.03. The number of nitrogens with zero attached hydrogens (tertiary/aromatic N) is 2. The molecule has 3 aromatic carbocycles. The van der Waals surface area contributed by atoms with Gasteiger partial charge in [0.25, 0.3) is 0 Å². The highest BCUT2D eigenvalue weighted by Crippen LogP contribution is 2.32. The first-order chi connectivity index (χ1) is 13.8. The Hall–Kier alpha value is -3.79. The number of benzene rings is 3. The number of halogens is 1. The molecule has 0 radical (unpaired) electrons. The van der Waals surface area contributed by atoms with Gasteiger partial charge >= 0.3 is 0 Å². The standard InChI is InChI=1S/C24H16FN3/c25-21-8-4-7-18-14-26-15-20(24(18)21)17-10-12-23-19(13-17)22(27-28-23)11-9-16-5-2-1-3-6-16/h1-15H,(H,27,28)/b11-9+. The predicted octanol–water partition coefficient (Wildman–Crippen LogP) is 6.09. The number of fused-ring (bicyclic) bond motifs is 2. The van der Waals surface area contributed by atoms with E-state index >= 15 is 0 Å². The Kier molecular flexibility index (Phi) is 3.95. The van der Waals surface area contributed by atoms with E-state index in [0.29, 0.717) is 5.39 Å². The van der Waals surface area contributed by atoms with Gasteiger partial charge in [0, 0.05) is 34.1 Å². The molecule has 28 heavy (non-hydrogen) atoms. The van der Waals surface area contributed by atoms with Gasteiger partial charge in [-0.1, -0.05) is 54.6 Å². The first-order valence-corrected chi connectivity index (χ1v) is 9.03. The van der Waals surface area contributed by atoms with Gasteiger partial charge in [-0.2, -0.15) is 5.10 Å². The van der Waals surface area contributed by atoms with Crippen molar-refractivity contribution in [3.8, 4) is 11.1 Å². The number of hydrogen-bond donors (Lipinski definition) is 1. The molecule has 0 saturated carbocycles. The van der Waals surface area contributed by atoms with Crippen molar-refractivity contribution in [2.45, 2.75) is 0 Å². The summed E-state index contributed by atoms with van der Waals surface area (Å²) in [5.74, 6) is -0.244. The third-order valence-corrected chi connectivity index (χ3v) is 4.87. The van der Waals surface area contributed by atoms with Gasteiger partial charge in [0.15, 0.2) is 0 Å². The first kappa shape index (κ1) is 16.4. The monoisotopic (exact) mass is 365 g/mol. The predicted molar refractivity (Wildman–Crippen MR) is 112 cm³/mol. The summed E-state index contributed by atoms with van der Waals surface area (Å²) >= 11 is 0. The summed E-state index contributed by atoms with van der Waals surface area (Å²) < 4.78 is 14.5. The van der Waals surface area contributed by atoms with Crippen molar-refractivity contribution in [1.29, 1.82) is 0 Å². The molecule has 0 unspecified atom stereocenters. The fraction of sp³-hybridized carbons (Fsp3) is 0. The van der Waals surface area contributed by atoms with E-state index in [9.17, 15) is 4.39 Å². The van der Waals surface area contributed by atoms with Gasteiger partial charge in [-0.3, -0.25) is 10.1 Å². The molecule has 5 aromatic rings. The summed E-state index contributed by atoms with van der Waals surface area (Å²) in [5, 5.41) is 9.84. The minimum absolute atomic E-state index is 0.244. The van der Waals surface area contributed by atoms with Crippen LogP contribution in [-0.4, -0.2) is 15.2 Å². The number of rotatable bonds is 3. The molecule has 2 heterocycles. The van der Waals surface area contributed by atoms with E-state index in [1.165, 1.54) is 6.07 Å². The maximum Gasteiger partial charge on any atom is 0.131 e. The van der Waals surface area contributed by atoms with Crippen LogP contribution < -0.4 is 0 Å². The molecule has 0 spiro atoms. The number of aromatic amines is 1. The van der Waals surface area contributed by atoms with Gasteiger partial charge in [-0.25, -0.2) is 4.39 Å². The van der Waals surface area contributed by atoms with E-state index in [1.54, 1.807) is 18.5 Å². The molecule has 0 fully saturated rings. The van der Waals surface area contributed by atoms with Gasteiger partial charge in [0.1, 0.15) is 5.82 Å². The molecule has 5 rings (SSSR count). The van der Waals surface area contributed by atoms with Gasteiger partial charge in [-0.05, 0) is 35.4 Å². The van der Waals surface area contributed by atoms with Crippen molar-refractivity contribution in [2.24, 2.45) is 0 Å². The number of pyridine rings is 1. The van der Waals surface area contributed by atoms with E-state index < -0.39 is 0 Å². The second-order valence-electron chi connectivity index (χ2n) is 6.64.